The molecule has 0 saturated heterocycles. The van der Waals surface area contributed by atoms with E-state index in [4.69, 9.17) is 5.73 Å². The van der Waals surface area contributed by atoms with E-state index in [1.165, 1.54) is 6.07 Å². The van der Waals surface area contributed by atoms with Gasteiger partial charge in [-0.25, -0.2) is 4.39 Å². The zero-order chi connectivity index (χ0) is 14.5. The summed E-state index contributed by atoms with van der Waals surface area (Å²) in [6.07, 6.45) is 0. The van der Waals surface area contributed by atoms with Crippen LogP contribution in [0, 0.1) is 5.82 Å². The van der Waals surface area contributed by atoms with Gasteiger partial charge in [0.05, 0.1) is 5.69 Å². The maximum atomic E-state index is 13.9. The third-order valence-corrected chi connectivity index (χ3v) is 4.17. The molecule has 0 unspecified atom stereocenters. The van der Waals surface area contributed by atoms with Gasteiger partial charge in [0.15, 0.2) is 0 Å². The minimum atomic E-state index is -0.230. The van der Waals surface area contributed by atoms with E-state index >= 15 is 0 Å². The van der Waals surface area contributed by atoms with E-state index in [0.29, 0.717) is 12.2 Å². The van der Waals surface area contributed by atoms with Crippen molar-refractivity contribution in [3.05, 3.63) is 53.8 Å². The molecule has 0 fully saturated rings. The van der Waals surface area contributed by atoms with Gasteiger partial charge in [0.1, 0.15) is 5.82 Å². The summed E-state index contributed by atoms with van der Waals surface area (Å²) in [4.78, 5) is 3.02. The van der Waals surface area contributed by atoms with Gasteiger partial charge in [0, 0.05) is 29.7 Å². The average Bonchev–Trinajstić information content (AvgIpc) is 2.47. The van der Waals surface area contributed by atoms with Crippen LogP contribution in [0.2, 0.25) is 0 Å². The largest absolute Gasteiger partial charge is 0.342 e. The molecular formula is C16H19FN2S. The number of rotatable bonds is 5. The number of benzene rings is 2. The maximum Gasteiger partial charge on any atom is 0.146 e. The first kappa shape index (κ1) is 14.9. The Kier molecular flexibility index (Phi) is 5.04. The van der Waals surface area contributed by atoms with Crippen molar-refractivity contribution in [1.29, 1.82) is 0 Å². The molecule has 0 radical (unpaired) electrons. The van der Waals surface area contributed by atoms with E-state index in [9.17, 15) is 4.39 Å². The zero-order valence-corrected chi connectivity index (χ0v) is 12.6. The topological polar surface area (TPSA) is 29.3 Å². The molecule has 0 spiro atoms. The molecule has 0 saturated carbocycles. The zero-order valence-electron chi connectivity index (χ0n) is 11.8. The number of nitrogens with zero attached hydrogens (tertiary/aromatic N) is 1. The number of nitrogens with two attached hydrogens (primary N) is 1. The van der Waals surface area contributed by atoms with Crippen LogP contribution >= 0.6 is 11.8 Å². The van der Waals surface area contributed by atoms with Gasteiger partial charge in [-0.2, -0.15) is 0 Å². The van der Waals surface area contributed by atoms with E-state index in [-0.39, 0.29) is 5.82 Å². The molecule has 2 rings (SSSR count). The van der Waals surface area contributed by atoms with E-state index in [1.807, 2.05) is 30.1 Å². The number of halogens is 1. The molecule has 0 aliphatic carbocycles. The number of hydrogen-bond acceptors (Lipinski definition) is 3. The van der Waals surface area contributed by atoms with Crippen molar-refractivity contribution in [2.24, 2.45) is 5.73 Å². The van der Waals surface area contributed by atoms with Crippen LogP contribution in [0.15, 0.2) is 47.4 Å². The minimum absolute atomic E-state index is 0.230. The predicted molar refractivity (Wildman–Crippen MR) is 85.2 cm³/mol. The lowest BCUT2D eigenvalue weighted by atomic mass is 10.1. The summed E-state index contributed by atoms with van der Waals surface area (Å²) >= 11 is 1.76. The number of hydrogen-bond donors (Lipinski definition) is 1. The Labute approximate surface area is 123 Å². The molecule has 0 amide bonds. The molecule has 0 aromatic heterocycles. The van der Waals surface area contributed by atoms with Crippen LogP contribution in [0.5, 0.6) is 0 Å². The Balaban J connectivity index is 2.47. The van der Waals surface area contributed by atoms with Gasteiger partial charge in [-0.1, -0.05) is 25.1 Å². The van der Waals surface area contributed by atoms with Crippen molar-refractivity contribution in [3.8, 4) is 0 Å². The number of para-hydroxylation sites is 1. The van der Waals surface area contributed by atoms with Crippen LogP contribution in [0.1, 0.15) is 12.5 Å². The van der Waals surface area contributed by atoms with E-state index < -0.39 is 0 Å². The van der Waals surface area contributed by atoms with Crippen molar-refractivity contribution < 1.29 is 4.39 Å². The monoisotopic (exact) mass is 290 g/mol. The highest BCUT2D eigenvalue weighted by Crippen LogP contribution is 2.34. The van der Waals surface area contributed by atoms with E-state index in [0.717, 1.165) is 21.9 Å². The Morgan fingerprint density at radius 1 is 1.10 bits per heavy atom. The Morgan fingerprint density at radius 3 is 2.45 bits per heavy atom. The van der Waals surface area contributed by atoms with Gasteiger partial charge in [0.25, 0.3) is 0 Å². The van der Waals surface area contributed by atoms with Gasteiger partial charge in [0.2, 0.25) is 0 Å². The smallest absolute Gasteiger partial charge is 0.146 e. The van der Waals surface area contributed by atoms with Gasteiger partial charge < -0.3 is 10.6 Å². The summed E-state index contributed by atoms with van der Waals surface area (Å²) in [6.45, 7) is 2.55. The van der Waals surface area contributed by atoms with Gasteiger partial charge in [-0.05, 0) is 30.0 Å². The fraction of sp³-hybridized carbons (Fsp3) is 0.250. The summed E-state index contributed by atoms with van der Waals surface area (Å²) in [7, 11) is 1.87. The SMILES string of the molecule is CCSc1cccc(N(C)c2ccccc2F)c1CN. The van der Waals surface area contributed by atoms with E-state index in [1.54, 1.807) is 23.9 Å². The molecule has 0 bridgehead atoms. The normalized spacial score (nSPS) is 10.6. The van der Waals surface area contributed by atoms with Gasteiger partial charge in [-0.3, -0.25) is 0 Å². The van der Waals surface area contributed by atoms with Crippen molar-refractivity contribution in [2.75, 3.05) is 17.7 Å². The van der Waals surface area contributed by atoms with Crippen LogP contribution < -0.4 is 10.6 Å². The van der Waals surface area contributed by atoms with Crippen molar-refractivity contribution in [3.63, 3.8) is 0 Å². The number of anilines is 2. The highest BCUT2D eigenvalue weighted by Gasteiger charge is 2.14. The predicted octanol–water partition coefficient (Wildman–Crippen LogP) is 4.16. The van der Waals surface area contributed by atoms with Crippen LogP contribution in [-0.4, -0.2) is 12.8 Å². The standard InChI is InChI=1S/C16H19FN2S/c1-3-20-16-10-6-9-14(12(16)11-18)19(2)15-8-5-4-7-13(15)17/h4-10H,3,11,18H2,1-2H3. The lowest BCUT2D eigenvalue weighted by molar-refractivity contribution is 0.627. The molecule has 4 heteroatoms. The fourth-order valence-corrected chi connectivity index (χ4v) is 3.07. The fourth-order valence-electron chi connectivity index (χ4n) is 2.22. The third-order valence-electron chi connectivity index (χ3n) is 3.19. The molecular weight excluding hydrogens is 271 g/mol. The Bertz CT molecular complexity index is 586. The molecule has 0 atom stereocenters. The summed E-state index contributed by atoms with van der Waals surface area (Å²) in [5.74, 6) is 0.756. The van der Waals surface area contributed by atoms with Gasteiger partial charge >= 0.3 is 0 Å². The second-order valence-electron chi connectivity index (χ2n) is 4.40. The van der Waals surface area contributed by atoms with E-state index in [2.05, 4.69) is 13.0 Å². The molecule has 2 N–H and O–H groups in total. The molecule has 2 aromatic carbocycles. The lowest BCUT2D eigenvalue weighted by Crippen LogP contribution is -2.15. The summed E-state index contributed by atoms with van der Waals surface area (Å²) in [5.41, 5.74) is 8.47. The second kappa shape index (κ2) is 6.77. The average molecular weight is 290 g/mol. The van der Waals surface area contributed by atoms with Crippen molar-refractivity contribution in [1.82, 2.24) is 0 Å². The van der Waals surface area contributed by atoms with Crippen molar-refractivity contribution in [2.45, 2.75) is 18.4 Å². The Morgan fingerprint density at radius 2 is 1.80 bits per heavy atom. The van der Waals surface area contributed by atoms with Crippen LogP contribution in [0.3, 0.4) is 0 Å². The van der Waals surface area contributed by atoms with Crippen LogP contribution in [0.25, 0.3) is 0 Å². The molecule has 0 aliphatic rings. The summed E-state index contributed by atoms with van der Waals surface area (Å²) < 4.78 is 13.9. The first-order valence-electron chi connectivity index (χ1n) is 6.62. The van der Waals surface area contributed by atoms with Gasteiger partial charge in [-0.15, -0.1) is 11.8 Å². The molecule has 20 heavy (non-hydrogen) atoms. The van der Waals surface area contributed by atoms with Crippen LogP contribution in [-0.2, 0) is 6.54 Å². The highest BCUT2D eigenvalue weighted by molar-refractivity contribution is 7.99. The molecule has 0 aliphatic heterocycles. The molecule has 2 nitrogen and oxygen atoms in total. The summed E-state index contributed by atoms with van der Waals surface area (Å²) in [5, 5.41) is 0. The molecule has 0 heterocycles. The third kappa shape index (κ3) is 2.97. The first-order chi connectivity index (χ1) is 9.69. The lowest BCUT2D eigenvalue weighted by Gasteiger charge is -2.24. The maximum absolute atomic E-state index is 13.9. The highest BCUT2D eigenvalue weighted by atomic mass is 32.2. The second-order valence-corrected chi connectivity index (χ2v) is 5.71. The van der Waals surface area contributed by atoms with Crippen molar-refractivity contribution >= 4 is 23.1 Å². The first-order valence-corrected chi connectivity index (χ1v) is 7.60. The summed E-state index contributed by atoms with van der Waals surface area (Å²) in [6, 6.07) is 12.8. The quantitative estimate of drug-likeness (QED) is 0.838. The molecule has 2 aromatic rings. The molecule has 106 valence electrons. The Hall–Kier alpha value is -1.52. The number of thioether (sulfide) groups is 1. The minimum Gasteiger partial charge on any atom is -0.342 e. The van der Waals surface area contributed by atoms with Crippen LogP contribution in [0.4, 0.5) is 15.8 Å².